The molecule has 18 heavy (non-hydrogen) atoms. The van der Waals surface area contributed by atoms with Crippen LogP contribution in [0.5, 0.6) is 0 Å². The lowest BCUT2D eigenvalue weighted by Gasteiger charge is -2.01. The molecule has 3 aliphatic rings. The summed E-state index contributed by atoms with van der Waals surface area (Å²) in [6, 6.07) is 0. The minimum absolute atomic E-state index is 0.851. The molecule has 0 saturated heterocycles. The first-order chi connectivity index (χ1) is 9.00. The first-order valence-electron chi connectivity index (χ1n) is 5.56. The van der Waals surface area contributed by atoms with Gasteiger partial charge in [0.05, 0.1) is 6.61 Å². The second-order valence-corrected chi connectivity index (χ2v) is 3.08. The van der Waals surface area contributed by atoms with E-state index in [1.807, 2.05) is 12.2 Å². The number of allylic oxidation sites excluding steroid dienone is 4. The molecular weight excluding hydrogens is 234 g/mol. The molecular formula is C12H17N3O3. The van der Waals surface area contributed by atoms with Gasteiger partial charge < -0.3 is 14.4 Å². The molecule has 0 spiro atoms. The second-order valence-electron chi connectivity index (χ2n) is 3.08. The summed E-state index contributed by atoms with van der Waals surface area (Å²) >= 11 is 0. The normalized spacial score (nSPS) is 17.3. The van der Waals surface area contributed by atoms with E-state index in [0.29, 0.717) is 0 Å². The van der Waals surface area contributed by atoms with Crippen molar-refractivity contribution in [2.75, 3.05) is 13.2 Å². The number of nitrogens with one attached hydrogen (secondary N) is 2. The molecule has 3 heterocycles. The van der Waals surface area contributed by atoms with E-state index in [1.54, 1.807) is 37.1 Å². The van der Waals surface area contributed by atoms with Crippen molar-refractivity contribution < 1.29 is 14.4 Å². The topological polar surface area (TPSA) is 64.1 Å². The van der Waals surface area contributed by atoms with Crippen LogP contribution in [0, 0.1) is 0 Å². The van der Waals surface area contributed by atoms with E-state index in [-0.39, 0.29) is 0 Å². The van der Waals surface area contributed by atoms with Crippen molar-refractivity contribution in [3.05, 3.63) is 49.2 Å². The number of ether oxygens (including phenoxy) is 1. The zero-order valence-corrected chi connectivity index (χ0v) is 9.99. The van der Waals surface area contributed by atoms with E-state index < -0.39 is 0 Å². The Morgan fingerprint density at radius 1 is 0.889 bits per heavy atom. The molecule has 0 atom stereocenters. The molecule has 0 fully saturated rings. The fraction of sp³-hybridized carbons (Fsp3) is 0.250. The van der Waals surface area contributed by atoms with Gasteiger partial charge in [0.2, 0.25) is 0 Å². The molecule has 0 unspecified atom stereocenters. The summed E-state index contributed by atoms with van der Waals surface area (Å²) in [4.78, 5) is 12.9. The van der Waals surface area contributed by atoms with E-state index in [2.05, 4.69) is 25.6 Å². The third-order valence-electron chi connectivity index (χ3n) is 1.68. The first kappa shape index (κ1) is 13.7. The highest BCUT2D eigenvalue weighted by molar-refractivity contribution is 5.46. The quantitative estimate of drug-likeness (QED) is 0.683. The summed E-state index contributed by atoms with van der Waals surface area (Å²) in [7, 11) is 0. The van der Waals surface area contributed by atoms with Gasteiger partial charge in [-0.2, -0.15) is 0 Å². The van der Waals surface area contributed by atoms with E-state index in [9.17, 15) is 0 Å². The molecule has 6 heteroatoms. The molecule has 6 nitrogen and oxygen atoms in total. The van der Waals surface area contributed by atoms with Gasteiger partial charge in [0.15, 0.2) is 6.40 Å². The minimum Gasteiger partial charge on any atom is -0.483 e. The predicted octanol–water partition coefficient (Wildman–Crippen LogP) is 1.53. The number of rotatable bonds is 0. The molecule has 0 aromatic carbocycles. The van der Waals surface area contributed by atoms with Crippen molar-refractivity contribution in [3.63, 3.8) is 0 Å². The number of hydroxylamine groups is 2. The fourth-order valence-corrected chi connectivity index (χ4v) is 0.913. The van der Waals surface area contributed by atoms with Gasteiger partial charge in [0.25, 0.3) is 0 Å². The zero-order valence-electron chi connectivity index (χ0n) is 9.99. The Kier molecular flexibility index (Phi) is 8.46. The van der Waals surface area contributed by atoms with Crippen molar-refractivity contribution in [2.24, 2.45) is 4.99 Å². The summed E-state index contributed by atoms with van der Waals surface area (Å²) in [5.74, 6) is 0. The Labute approximate surface area is 106 Å². The lowest BCUT2D eigenvalue weighted by atomic mass is 10.4. The summed E-state index contributed by atoms with van der Waals surface area (Å²) < 4.78 is 4.78. The monoisotopic (exact) mass is 251 g/mol. The number of hydrogen-bond donors (Lipinski definition) is 2. The molecule has 0 amide bonds. The van der Waals surface area contributed by atoms with Crippen molar-refractivity contribution in [1.82, 2.24) is 11.0 Å². The maximum Gasteiger partial charge on any atom is 0.169 e. The van der Waals surface area contributed by atoms with Crippen molar-refractivity contribution >= 4 is 6.40 Å². The van der Waals surface area contributed by atoms with Gasteiger partial charge in [0.1, 0.15) is 12.5 Å². The standard InChI is InChI=1S/C4H7NO.2C4H5NO/c1-2-5-4-6-3-1;2*1-2-4-6-5-3-1/h4H,1-3H2;2*1-5H. The van der Waals surface area contributed by atoms with Gasteiger partial charge in [-0.1, -0.05) is 0 Å². The zero-order chi connectivity index (χ0) is 12.7. The number of nitrogens with zero attached hydrogens (tertiary/aromatic N) is 1. The molecule has 0 bridgehead atoms. The van der Waals surface area contributed by atoms with Crippen LogP contribution in [0.2, 0.25) is 0 Å². The summed E-state index contributed by atoms with van der Waals surface area (Å²) in [5.41, 5.74) is 5.03. The van der Waals surface area contributed by atoms with Crippen LogP contribution in [0.15, 0.2) is 54.2 Å². The van der Waals surface area contributed by atoms with Crippen LogP contribution in [-0.4, -0.2) is 19.6 Å². The van der Waals surface area contributed by atoms with Gasteiger partial charge in [-0.3, -0.25) is 4.99 Å². The Hall–Kier alpha value is -2.37. The highest BCUT2D eigenvalue weighted by atomic mass is 16.6. The number of hydrogen-bond acceptors (Lipinski definition) is 6. The Morgan fingerprint density at radius 3 is 1.67 bits per heavy atom. The third-order valence-corrected chi connectivity index (χ3v) is 1.68. The largest absolute Gasteiger partial charge is 0.483 e. The molecule has 3 rings (SSSR count). The Balaban J connectivity index is 0.000000135. The van der Waals surface area contributed by atoms with Gasteiger partial charge >= 0.3 is 0 Å². The molecule has 0 saturated carbocycles. The average molecular weight is 251 g/mol. The lowest BCUT2D eigenvalue weighted by molar-refractivity contribution is 0.172. The molecule has 98 valence electrons. The summed E-state index contributed by atoms with van der Waals surface area (Å²) in [5, 5.41) is 0. The Morgan fingerprint density at radius 2 is 1.56 bits per heavy atom. The molecule has 0 aromatic heterocycles. The molecule has 2 N–H and O–H groups in total. The fourth-order valence-electron chi connectivity index (χ4n) is 0.913. The van der Waals surface area contributed by atoms with Gasteiger partial charge in [0, 0.05) is 25.4 Å². The smallest absolute Gasteiger partial charge is 0.169 e. The molecule has 3 aliphatic heterocycles. The third kappa shape index (κ3) is 8.90. The van der Waals surface area contributed by atoms with E-state index in [4.69, 9.17) is 4.74 Å². The van der Waals surface area contributed by atoms with E-state index in [1.165, 1.54) is 6.40 Å². The van der Waals surface area contributed by atoms with Crippen LogP contribution in [0.3, 0.4) is 0 Å². The van der Waals surface area contributed by atoms with Crippen LogP contribution >= 0.6 is 0 Å². The maximum atomic E-state index is 4.78. The van der Waals surface area contributed by atoms with Crippen LogP contribution in [0.25, 0.3) is 0 Å². The first-order valence-corrected chi connectivity index (χ1v) is 5.56. The average Bonchev–Trinajstić information content (AvgIpc) is 2.54. The van der Waals surface area contributed by atoms with Gasteiger partial charge in [-0.05, 0) is 24.3 Å². The van der Waals surface area contributed by atoms with Crippen molar-refractivity contribution in [2.45, 2.75) is 6.42 Å². The Bertz CT molecular complexity index is 279. The van der Waals surface area contributed by atoms with Crippen LogP contribution in [-0.2, 0) is 14.4 Å². The lowest BCUT2D eigenvalue weighted by Crippen LogP contribution is -2.01. The predicted molar refractivity (Wildman–Crippen MR) is 68.9 cm³/mol. The molecule has 0 radical (unpaired) electrons. The van der Waals surface area contributed by atoms with E-state index in [0.717, 1.165) is 19.6 Å². The van der Waals surface area contributed by atoms with Crippen molar-refractivity contribution in [1.29, 1.82) is 0 Å². The number of aliphatic imine (C=N–C) groups is 1. The summed E-state index contributed by atoms with van der Waals surface area (Å²) in [6.45, 7) is 1.80. The van der Waals surface area contributed by atoms with Gasteiger partial charge in [-0.25, -0.2) is 11.0 Å². The highest BCUT2D eigenvalue weighted by Gasteiger charge is 1.87. The van der Waals surface area contributed by atoms with Crippen LogP contribution < -0.4 is 11.0 Å². The van der Waals surface area contributed by atoms with Gasteiger partial charge in [-0.15, -0.1) is 0 Å². The molecule has 0 aliphatic carbocycles. The second kappa shape index (κ2) is 11.1. The minimum atomic E-state index is 0.851. The van der Waals surface area contributed by atoms with Crippen LogP contribution in [0.4, 0.5) is 0 Å². The SMILES string of the molecule is C1=CNOC=C1.C1=CNOC=C1.C1=NCCCO1. The summed E-state index contributed by atoms with van der Waals surface area (Å²) in [6.07, 6.45) is 16.5. The van der Waals surface area contributed by atoms with Crippen LogP contribution in [0.1, 0.15) is 6.42 Å². The molecule has 0 aromatic rings. The van der Waals surface area contributed by atoms with Crippen molar-refractivity contribution in [3.8, 4) is 0 Å². The van der Waals surface area contributed by atoms with E-state index >= 15 is 0 Å². The highest BCUT2D eigenvalue weighted by Crippen LogP contribution is 1.86. The maximum absolute atomic E-state index is 4.78.